The van der Waals surface area contributed by atoms with Crippen molar-refractivity contribution in [1.82, 2.24) is 10.4 Å². The van der Waals surface area contributed by atoms with Gasteiger partial charge in [0, 0.05) is 17.3 Å². The summed E-state index contributed by atoms with van der Waals surface area (Å²) in [4.78, 5) is 16.2. The minimum Gasteiger partial charge on any atom is -0.507 e. The number of pyridine rings is 1. The Labute approximate surface area is 154 Å². The monoisotopic (exact) mass is 367 g/mol. The minimum absolute atomic E-state index is 0.0387. The zero-order valence-corrected chi connectivity index (χ0v) is 14.2. The lowest BCUT2D eigenvalue weighted by Crippen LogP contribution is -2.21. The number of phenolic OH excluding ortho intramolecular Hbond substituents is 2. The lowest BCUT2D eigenvalue weighted by Gasteiger charge is -2.11. The molecule has 1 amide bonds. The van der Waals surface area contributed by atoms with Crippen molar-refractivity contribution < 1.29 is 15.0 Å². The Hall–Kier alpha value is -3.38. The highest BCUT2D eigenvalue weighted by molar-refractivity contribution is 6.32. The number of amides is 1. The van der Waals surface area contributed by atoms with E-state index >= 15 is 0 Å². The Bertz CT molecular complexity index is 942. The number of nitrogens with one attached hydrogen (secondary N) is 1. The molecule has 3 N–H and O–H groups in total. The molecule has 3 rings (SSSR count). The fourth-order valence-electron chi connectivity index (χ4n) is 2.34. The van der Waals surface area contributed by atoms with E-state index in [1.165, 1.54) is 24.4 Å². The summed E-state index contributed by atoms with van der Waals surface area (Å²) in [6.45, 7) is 0. The molecule has 130 valence electrons. The first-order valence-electron chi connectivity index (χ1n) is 7.63. The van der Waals surface area contributed by atoms with E-state index in [4.69, 9.17) is 11.6 Å². The van der Waals surface area contributed by atoms with Gasteiger partial charge in [-0.05, 0) is 36.4 Å². The number of carbonyl (C=O) groups excluding carboxylic acids is 1. The SMILES string of the molecule is O=C(NN=C(c1ccccc1O)c1ccccc1O)c1cccnc1Cl. The van der Waals surface area contributed by atoms with Crippen molar-refractivity contribution >= 4 is 23.2 Å². The van der Waals surface area contributed by atoms with Crippen LogP contribution in [0.25, 0.3) is 0 Å². The Kier molecular flexibility index (Phi) is 5.15. The van der Waals surface area contributed by atoms with Gasteiger partial charge in [-0.15, -0.1) is 0 Å². The maximum atomic E-state index is 12.3. The van der Waals surface area contributed by atoms with Gasteiger partial charge in [-0.1, -0.05) is 35.9 Å². The second-order valence-corrected chi connectivity index (χ2v) is 5.64. The molecule has 0 aliphatic rings. The van der Waals surface area contributed by atoms with Crippen molar-refractivity contribution in [3.63, 3.8) is 0 Å². The van der Waals surface area contributed by atoms with Crippen molar-refractivity contribution in [3.05, 3.63) is 88.7 Å². The number of phenols is 2. The third-order valence-electron chi connectivity index (χ3n) is 3.59. The molecule has 2 aromatic carbocycles. The summed E-state index contributed by atoms with van der Waals surface area (Å²) in [5.41, 5.74) is 3.46. The molecule has 0 aliphatic heterocycles. The average molecular weight is 368 g/mol. The van der Waals surface area contributed by atoms with E-state index in [1.807, 2.05) is 0 Å². The Balaban J connectivity index is 2.03. The van der Waals surface area contributed by atoms with Gasteiger partial charge in [0.2, 0.25) is 0 Å². The van der Waals surface area contributed by atoms with Gasteiger partial charge in [0.25, 0.3) is 5.91 Å². The number of aromatic nitrogens is 1. The Morgan fingerprint density at radius 1 is 0.885 bits per heavy atom. The van der Waals surface area contributed by atoms with Crippen LogP contribution in [-0.2, 0) is 0 Å². The Morgan fingerprint density at radius 2 is 1.42 bits per heavy atom. The number of hydrogen-bond acceptors (Lipinski definition) is 5. The summed E-state index contributed by atoms with van der Waals surface area (Å²) < 4.78 is 0. The van der Waals surface area contributed by atoms with Gasteiger partial charge in [0.1, 0.15) is 22.4 Å². The zero-order valence-electron chi connectivity index (χ0n) is 13.4. The standard InChI is InChI=1S/C19H14ClN3O3/c20-18-14(8-5-11-21-18)19(26)23-22-17(12-6-1-3-9-15(12)24)13-7-2-4-10-16(13)25/h1-11,24-25H,(H,23,26). The largest absolute Gasteiger partial charge is 0.507 e. The van der Waals surface area contributed by atoms with Gasteiger partial charge < -0.3 is 10.2 Å². The van der Waals surface area contributed by atoms with Crippen LogP contribution >= 0.6 is 11.6 Å². The van der Waals surface area contributed by atoms with E-state index in [0.29, 0.717) is 11.1 Å². The van der Waals surface area contributed by atoms with Gasteiger partial charge in [-0.3, -0.25) is 4.79 Å². The van der Waals surface area contributed by atoms with E-state index in [9.17, 15) is 15.0 Å². The number of hydrazone groups is 1. The molecule has 7 heteroatoms. The van der Waals surface area contributed by atoms with Crippen LogP contribution in [0.4, 0.5) is 0 Å². The highest BCUT2D eigenvalue weighted by atomic mass is 35.5. The number of hydrogen-bond donors (Lipinski definition) is 3. The fourth-order valence-corrected chi connectivity index (χ4v) is 2.54. The van der Waals surface area contributed by atoms with Gasteiger partial charge in [0.15, 0.2) is 0 Å². The third kappa shape index (κ3) is 3.65. The molecule has 0 saturated carbocycles. The van der Waals surface area contributed by atoms with Gasteiger partial charge in [-0.25, -0.2) is 10.4 Å². The number of rotatable bonds is 4. The summed E-state index contributed by atoms with van der Waals surface area (Å²) in [5, 5.41) is 24.5. The maximum Gasteiger partial charge on any atom is 0.274 e. The number of para-hydroxylation sites is 2. The summed E-state index contributed by atoms with van der Waals surface area (Å²) in [5.74, 6) is -0.641. The molecule has 0 radical (unpaired) electrons. The minimum atomic E-state index is -0.563. The first-order chi connectivity index (χ1) is 12.6. The number of carbonyl (C=O) groups is 1. The molecule has 0 unspecified atom stereocenters. The maximum absolute atomic E-state index is 12.3. The molecule has 0 fully saturated rings. The summed E-state index contributed by atoms with van der Waals surface area (Å²) in [6, 6.07) is 16.1. The highest BCUT2D eigenvalue weighted by Gasteiger charge is 2.16. The van der Waals surface area contributed by atoms with Gasteiger partial charge in [-0.2, -0.15) is 5.10 Å². The van der Waals surface area contributed by atoms with Crippen LogP contribution in [-0.4, -0.2) is 26.8 Å². The smallest absolute Gasteiger partial charge is 0.274 e. The van der Waals surface area contributed by atoms with Crippen LogP contribution in [0.3, 0.4) is 0 Å². The molecule has 0 aliphatic carbocycles. The first-order valence-corrected chi connectivity index (χ1v) is 8.01. The van der Waals surface area contributed by atoms with Crippen LogP contribution in [0.2, 0.25) is 5.15 Å². The van der Waals surface area contributed by atoms with E-state index in [1.54, 1.807) is 42.5 Å². The van der Waals surface area contributed by atoms with Crippen LogP contribution in [0, 0.1) is 0 Å². The van der Waals surface area contributed by atoms with E-state index in [0.717, 1.165) is 0 Å². The number of aromatic hydroxyl groups is 2. The molecule has 1 heterocycles. The van der Waals surface area contributed by atoms with Crippen molar-refractivity contribution in [2.45, 2.75) is 0 Å². The lowest BCUT2D eigenvalue weighted by atomic mass is 10.0. The van der Waals surface area contributed by atoms with Crippen molar-refractivity contribution in [3.8, 4) is 11.5 Å². The second kappa shape index (κ2) is 7.67. The van der Waals surface area contributed by atoms with Crippen LogP contribution < -0.4 is 5.43 Å². The predicted molar refractivity (Wildman–Crippen MR) is 98.6 cm³/mol. The molecule has 0 spiro atoms. The predicted octanol–water partition coefficient (Wildman–Crippen LogP) is 3.33. The third-order valence-corrected chi connectivity index (χ3v) is 3.89. The van der Waals surface area contributed by atoms with Crippen LogP contribution in [0.15, 0.2) is 72.0 Å². The molecule has 0 atom stereocenters. The second-order valence-electron chi connectivity index (χ2n) is 5.28. The number of nitrogens with zero attached hydrogens (tertiary/aromatic N) is 2. The normalized spacial score (nSPS) is 10.2. The average Bonchev–Trinajstić information content (AvgIpc) is 2.64. The van der Waals surface area contributed by atoms with E-state index < -0.39 is 5.91 Å². The topological polar surface area (TPSA) is 94.8 Å². The Morgan fingerprint density at radius 3 is 1.96 bits per heavy atom. The molecular weight excluding hydrogens is 354 g/mol. The highest BCUT2D eigenvalue weighted by Crippen LogP contribution is 2.25. The molecule has 3 aromatic rings. The zero-order chi connectivity index (χ0) is 18.5. The molecule has 1 aromatic heterocycles. The van der Waals surface area contributed by atoms with Crippen molar-refractivity contribution in [1.29, 1.82) is 0 Å². The first kappa shape index (κ1) is 17.4. The molecule has 6 nitrogen and oxygen atoms in total. The molecule has 26 heavy (non-hydrogen) atoms. The number of halogens is 1. The summed E-state index contributed by atoms with van der Waals surface area (Å²) in [7, 11) is 0. The van der Waals surface area contributed by atoms with Crippen molar-refractivity contribution in [2.75, 3.05) is 0 Å². The van der Waals surface area contributed by atoms with Crippen LogP contribution in [0.1, 0.15) is 21.5 Å². The summed E-state index contributed by atoms with van der Waals surface area (Å²) >= 11 is 5.92. The number of benzene rings is 2. The fraction of sp³-hybridized carbons (Fsp3) is 0. The molecule has 0 bridgehead atoms. The van der Waals surface area contributed by atoms with Gasteiger partial charge >= 0.3 is 0 Å². The lowest BCUT2D eigenvalue weighted by molar-refractivity contribution is 0.0954. The molecule has 0 saturated heterocycles. The van der Waals surface area contributed by atoms with Gasteiger partial charge in [0.05, 0.1) is 5.56 Å². The van der Waals surface area contributed by atoms with E-state index in [2.05, 4.69) is 15.5 Å². The van der Waals surface area contributed by atoms with Crippen molar-refractivity contribution in [2.24, 2.45) is 5.10 Å². The van der Waals surface area contributed by atoms with E-state index in [-0.39, 0.29) is 27.9 Å². The van der Waals surface area contributed by atoms with Crippen LogP contribution in [0.5, 0.6) is 11.5 Å². The summed E-state index contributed by atoms with van der Waals surface area (Å²) in [6.07, 6.45) is 1.47. The molecular formula is C19H14ClN3O3. The quantitative estimate of drug-likeness (QED) is 0.374.